The average Bonchev–Trinajstić information content (AvgIpc) is 2.49. The lowest BCUT2D eigenvalue weighted by atomic mass is 10.3. The van der Waals surface area contributed by atoms with Crippen LogP contribution < -0.4 is 10.1 Å². The number of ether oxygens (including phenoxy) is 2. The Morgan fingerprint density at radius 2 is 1.71 bits per heavy atom. The minimum absolute atomic E-state index is 0.0239. The first-order valence-corrected chi connectivity index (χ1v) is 9.73. The minimum atomic E-state index is -3.49. The van der Waals surface area contributed by atoms with Crippen molar-refractivity contribution in [1.29, 1.82) is 0 Å². The smallest absolute Gasteiger partial charge is 0.221 e. The molecule has 136 valence electrons. The van der Waals surface area contributed by atoms with E-state index >= 15 is 0 Å². The third-order valence-corrected chi connectivity index (χ3v) is 4.76. The van der Waals surface area contributed by atoms with E-state index < -0.39 is 9.84 Å². The minimum Gasteiger partial charge on any atom is -0.491 e. The zero-order valence-corrected chi connectivity index (χ0v) is 15.6. The highest BCUT2D eigenvalue weighted by Crippen LogP contribution is 2.18. The van der Waals surface area contributed by atoms with E-state index in [1.54, 1.807) is 12.1 Å². The maximum absolute atomic E-state index is 12.2. The molecule has 24 heavy (non-hydrogen) atoms. The van der Waals surface area contributed by atoms with Gasteiger partial charge in [-0.3, -0.25) is 4.79 Å². The maximum Gasteiger partial charge on any atom is 0.221 e. The van der Waals surface area contributed by atoms with Gasteiger partial charge in [-0.1, -0.05) is 0 Å². The van der Waals surface area contributed by atoms with Gasteiger partial charge in [0.25, 0.3) is 0 Å². The quantitative estimate of drug-likeness (QED) is 0.649. The Morgan fingerprint density at radius 3 is 2.25 bits per heavy atom. The van der Waals surface area contributed by atoms with Gasteiger partial charge in [-0.15, -0.1) is 0 Å². The van der Waals surface area contributed by atoms with Crippen LogP contribution in [0.3, 0.4) is 0 Å². The highest BCUT2D eigenvalue weighted by atomic mass is 32.2. The van der Waals surface area contributed by atoms with Crippen molar-refractivity contribution < 1.29 is 22.7 Å². The molecule has 1 aromatic rings. The van der Waals surface area contributed by atoms with Crippen molar-refractivity contribution in [3.05, 3.63) is 24.3 Å². The topological polar surface area (TPSA) is 81.7 Å². The summed E-state index contributed by atoms with van der Waals surface area (Å²) < 4.78 is 35.3. The predicted octanol–water partition coefficient (Wildman–Crippen LogP) is 2.18. The molecule has 1 amide bonds. The Morgan fingerprint density at radius 1 is 1.08 bits per heavy atom. The average molecular weight is 357 g/mol. The second-order valence-corrected chi connectivity index (χ2v) is 8.09. The fourth-order valence-electron chi connectivity index (χ4n) is 1.92. The summed E-state index contributed by atoms with van der Waals surface area (Å²) in [6, 6.07) is 6.25. The van der Waals surface area contributed by atoms with Gasteiger partial charge in [0.05, 0.1) is 29.5 Å². The van der Waals surface area contributed by atoms with Crippen molar-refractivity contribution in [1.82, 2.24) is 5.32 Å². The molecule has 7 heteroatoms. The molecule has 0 aliphatic rings. The van der Waals surface area contributed by atoms with Gasteiger partial charge in [0.1, 0.15) is 5.75 Å². The maximum atomic E-state index is 12.2. The normalized spacial score (nSPS) is 11.8. The van der Waals surface area contributed by atoms with Crippen LogP contribution in [0.25, 0.3) is 0 Å². The van der Waals surface area contributed by atoms with Gasteiger partial charge in [-0.25, -0.2) is 8.42 Å². The van der Waals surface area contributed by atoms with Gasteiger partial charge in [0.2, 0.25) is 5.91 Å². The highest BCUT2D eigenvalue weighted by Gasteiger charge is 2.16. The molecule has 0 saturated heterocycles. The second-order valence-electron chi connectivity index (χ2n) is 5.98. The van der Waals surface area contributed by atoms with Crippen molar-refractivity contribution in [3.8, 4) is 5.75 Å². The lowest BCUT2D eigenvalue weighted by Crippen LogP contribution is -2.29. The molecule has 0 aliphatic heterocycles. The van der Waals surface area contributed by atoms with Crippen molar-refractivity contribution >= 4 is 15.7 Å². The molecule has 0 spiro atoms. The number of sulfone groups is 1. The van der Waals surface area contributed by atoms with E-state index in [-0.39, 0.29) is 35.2 Å². The van der Waals surface area contributed by atoms with Gasteiger partial charge in [0.15, 0.2) is 9.84 Å². The molecule has 0 atom stereocenters. The summed E-state index contributed by atoms with van der Waals surface area (Å²) in [6.45, 7) is 8.40. The number of benzene rings is 1. The molecule has 0 heterocycles. The molecule has 0 radical (unpaired) electrons. The van der Waals surface area contributed by atoms with Crippen molar-refractivity contribution in [2.24, 2.45) is 0 Å². The molecule has 1 aromatic carbocycles. The number of carbonyl (C=O) groups is 1. The molecule has 0 aliphatic carbocycles. The summed E-state index contributed by atoms with van der Waals surface area (Å²) in [5.74, 6) is 0.0892. The predicted molar refractivity (Wildman–Crippen MR) is 93.0 cm³/mol. The van der Waals surface area contributed by atoms with Gasteiger partial charge < -0.3 is 14.8 Å². The van der Waals surface area contributed by atoms with Crippen LogP contribution in [0.5, 0.6) is 5.75 Å². The lowest BCUT2D eigenvalue weighted by molar-refractivity contribution is -0.121. The second kappa shape index (κ2) is 9.64. The van der Waals surface area contributed by atoms with E-state index in [2.05, 4.69) is 5.32 Å². The number of hydrogen-bond acceptors (Lipinski definition) is 5. The molecular formula is C17H27NO5S. The van der Waals surface area contributed by atoms with Crippen LogP contribution >= 0.6 is 0 Å². The summed E-state index contributed by atoms with van der Waals surface area (Å²) in [7, 11) is -3.49. The summed E-state index contributed by atoms with van der Waals surface area (Å²) in [4.78, 5) is 11.9. The summed E-state index contributed by atoms with van der Waals surface area (Å²) in [5.41, 5.74) is 0. The van der Waals surface area contributed by atoms with Crippen molar-refractivity contribution in [3.63, 3.8) is 0 Å². The van der Waals surface area contributed by atoms with E-state index in [1.165, 1.54) is 12.1 Å². The third kappa shape index (κ3) is 7.79. The molecule has 0 fully saturated rings. The van der Waals surface area contributed by atoms with E-state index in [0.29, 0.717) is 18.9 Å². The van der Waals surface area contributed by atoms with Gasteiger partial charge in [0, 0.05) is 13.0 Å². The van der Waals surface area contributed by atoms with Gasteiger partial charge in [-0.2, -0.15) is 0 Å². The van der Waals surface area contributed by atoms with E-state index in [1.807, 2.05) is 27.7 Å². The number of hydrogen-bond donors (Lipinski definition) is 1. The zero-order valence-electron chi connectivity index (χ0n) is 14.7. The molecule has 6 nitrogen and oxygen atoms in total. The monoisotopic (exact) mass is 357 g/mol. The highest BCUT2D eigenvalue weighted by molar-refractivity contribution is 7.91. The summed E-state index contributed by atoms with van der Waals surface area (Å²) in [6.07, 6.45) is 0.0506. The number of rotatable bonds is 10. The molecule has 0 saturated carbocycles. The standard InChI is InChI=1S/C17H27NO5S/c1-13(2)22-11-10-18-17(19)9-12-24(20,21)16-7-5-15(6-8-16)23-14(3)4/h5-8,13-14H,9-12H2,1-4H3,(H,18,19). The van der Waals surface area contributed by atoms with Crippen LogP contribution in [0, 0.1) is 0 Å². The van der Waals surface area contributed by atoms with Crippen LogP contribution in [-0.2, 0) is 19.4 Å². The summed E-state index contributed by atoms with van der Waals surface area (Å²) >= 11 is 0. The van der Waals surface area contributed by atoms with Gasteiger partial charge in [-0.05, 0) is 52.0 Å². The molecule has 0 unspecified atom stereocenters. The van der Waals surface area contributed by atoms with Crippen LogP contribution in [0.1, 0.15) is 34.1 Å². The Labute approximate surface area is 144 Å². The first kappa shape index (κ1) is 20.4. The SMILES string of the molecule is CC(C)OCCNC(=O)CCS(=O)(=O)c1ccc(OC(C)C)cc1. The molecule has 1 rings (SSSR count). The number of amides is 1. The summed E-state index contributed by atoms with van der Waals surface area (Å²) in [5, 5.41) is 2.64. The van der Waals surface area contributed by atoms with Crippen LogP contribution in [-0.4, -0.2) is 45.4 Å². The molecule has 1 N–H and O–H groups in total. The Kier molecular flexibility index (Phi) is 8.21. The molecule has 0 aromatic heterocycles. The largest absolute Gasteiger partial charge is 0.491 e. The van der Waals surface area contributed by atoms with Crippen molar-refractivity contribution in [2.75, 3.05) is 18.9 Å². The Bertz CT molecular complexity index is 608. The molecular weight excluding hydrogens is 330 g/mol. The lowest BCUT2D eigenvalue weighted by Gasteiger charge is -2.11. The van der Waals surface area contributed by atoms with E-state index in [0.717, 1.165) is 0 Å². The van der Waals surface area contributed by atoms with Gasteiger partial charge >= 0.3 is 0 Å². The third-order valence-electron chi connectivity index (χ3n) is 3.03. The Hall–Kier alpha value is -1.60. The number of carbonyl (C=O) groups excluding carboxylic acids is 1. The fraction of sp³-hybridized carbons (Fsp3) is 0.588. The van der Waals surface area contributed by atoms with Crippen LogP contribution in [0.4, 0.5) is 0 Å². The zero-order chi connectivity index (χ0) is 18.2. The van der Waals surface area contributed by atoms with Crippen LogP contribution in [0.15, 0.2) is 29.2 Å². The van der Waals surface area contributed by atoms with Crippen molar-refractivity contribution in [2.45, 2.75) is 51.2 Å². The Balaban J connectivity index is 2.47. The number of nitrogens with one attached hydrogen (secondary N) is 1. The van der Waals surface area contributed by atoms with Crippen LogP contribution in [0.2, 0.25) is 0 Å². The fourth-order valence-corrected chi connectivity index (χ4v) is 3.16. The van der Waals surface area contributed by atoms with E-state index in [9.17, 15) is 13.2 Å². The first-order valence-electron chi connectivity index (χ1n) is 8.08. The molecule has 0 bridgehead atoms. The van der Waals surface area contributed by atoms with E-state index in [4.69, 9.17) is 9.47 Å². The first-order chi connectivity index (χ1) is 11.2.